The number of likely N-dealkylation sites (N-methyl/N-ethyl adjacent to an activating group) is 2. The molecule has 0 radical (unpaired) electrons. The van der Waals surface area contributed by atoms with Crippen LogP contribution < -0.4 is 21.3 Å². The third-order valence-electron chi connectivity index (χ3n) is 5.96. The van der Waals surface area contributed by atoms with Crippen LogP contribution in [-0.4, -0.2) is 62.0 Å². The van der Waals surface area contributed by atoms with Crippen LogP contribution in [0.15, 0.2) is 0 Å². The van der Waals surface area contributed by atoms with Crippen molar-refractivity contribution in [2.24, 2.45) is 0 Å². The molecule has 2 saturated carbocycles. The third kappa shape index (κ3) is 5.91. The van der Waals surface area contributed by atoms with Gasteiger partial charge in [0, 0.05) is 14.1 Å². The molecular formula is C20H34N4O5. The summed E-state index contributed by atoms with van der Waals surface area (Å²) in [6, 6.07) is 0. The van der Waals surface area contributed by atoms with Crippen molar-refractivity contribution >= 4 is 23.6 Å². The molecule has 2 aliphatic carbocycles. The molecule has 0 aromatic carbocycles. The van der Waals surface area contributed by atoms with Gasteiger partial charge in [0.1, 0.15) is 24.3 Å². The van der Waals surface area contributed by atoms with Crippen molar-refractivity contribution in [2.75, 3.05) is 27.3 Å². The van der Waals surface area contributed by atoms with Gasteiger partial charge in [-0.15, -0.1) is 0 Å². The first kappa shape index (κ1) is 23.1. The van der Waals surface area contributed by atoms with Crippen molar-refractivity contribution in [1.82, 2.24) is 21.3 Å². The van der Waals surface area contributed by atoms with E-state index in [1.54, 1.807) is 14.1 Å². The van der Waals surface area contributed by atoms with Crippen LogP contribution in [0.3, 0.4) is 0 Å². The Balaban J connectivity index is 1.83. The monoisotopic (exact) mass is 410 g/mol. The standard InChI is InChI=1S/C20H34N4O5/c1-21-17(27)19(9-5-3-6-10-19)23-15(25)13-29-14-16(26)24-20(18(28)22-2)11-7-4-8-12-20/h3-14H2,1-2H3,(H,21,27)(H,22,28)(H,23,25)(H,24,26). The molecule has 0 atom stereocenters. The number of carbonyl (C=O) groups is 4. The van der Waals surface area contributed by atoms with Gasteiger partial charge in [0.25, 0.3) is 0 Å². The number of rotatable bonds is 8. The van der Waals surface area contributed by atoms with Gasteiger partial charge < -0.3 is 26.0 Å². The SMILES string of the molecule is CNC(=O)C1(NC(=O)COCC(=O)NC2(C(=O)NC)CCCCC2)CCCCC1. The van der Waals surface area contributed by atoms with Gasteiger partial charge in [0.05, 0.1) is 0 Å². The molecule has 0 bridgehead atoms. The predicted octanol–water partition coefficient (Wildman–Crippen LogP) is 0.133. The fraction of sp³-hybridized carbons (Fsp3) is 0.800. The number of nitrogens with one attached hydrogen (secondary N) is 4. The Kier molecular flexibility index (Phi) is 8.43. The summed E-state index contributed by atoms with van der Waals surface area (Å²) < 4.78 is 5.27. The highest BCUT2D eigenvalue weighted by Gasteiger charge is 2.41. The zero-order chi connectivity index (χ0) is 21.3. The molecule has 0 aliphatic heterocycles. The second-order valence-corrected chi connectivity index (χ2v) is 8.03. The average Bonchev–Trinajstić information content (AvgIpc) is 2.73. The molecule has 9 nitrogen and oxygen atoms in total. The lowest BCUT2D eigenvalue weighted by atomic mass is 9.81. The molecule has 0 saturated heterocycles. The molecule has 0 aromatic heterocycles. The van der Waals surface area contributed by atoms with Crippen molar-refractivity contribution in [3.8, 4) is 0 Å². The molecule has 0 unspecified atom stereocenters. The van der Waals surface area contributed by atoms with Gasteiger partial charge in [-0.1, -0.05) is 38.5 Å². The largest absolute Gasteiger partial charge is 0.362 e. The molecule has 2 rings (SSSR count). The van der Waals surface area contributed by atoms with Gasteiger partial charge in [0.2, 0.25) is 23.6 Å². The molecular weight excluding hydrogens is 376 g/mol. The van der Waals surface area contributed by atoms with Crippen LogP contribution in [0.5, 0.6) is 0 Å². The summed E-state index contributed by atoms with van der Waals surface area (Å²) in [5.41, 5.74) is -1.80. The van der Waals surface area contributed by atoms with Crippen LogP contribution >= 0.6 is 0 Å². The average molecular weight is 411 g/mol. The highest BCUT2D eigenvalue weighted by atomic mass is 16.5. The summed E-state index contributed by atoms with van der Waals surface area (Å²) in [6.07, 6.45) is 7.94. The van der Waals surface area contributed by atoms with E-state index in [-0.39, 0.29) is 25.0 Å². The summed E-state index contributed by atoms with van der Waals surface area (Å²) in [5, 5.41) is 10.9. The highest BCUT2D eigenvalue weighted by Crippen LogP contribution is 2.29. The number of ether oxygens (including phenoxy) is 1. The Morgan fingerprint density at radius 2 is 1.00 bits per heavy atom. The predicted molar refractivity (Wildman–Crippen MR) is 107 cm³/mol. The van der Waals surface area contributed by atoms with E-state index in [2.05, 4.69) is 21.3 Å². The van der Waals surface area contributed by atoms with Gasteiger partial charge in [-0.25, -0.2) is 0 Å². The van der Waals surface area contributed by atoms with Crippen LogP contribution in [-0.2, 0) is 23.9 Å². The Hall–Kier alpha value is -2.16. The van der Waals surface area contributed by atoms with E-state index in [1.807, 2.05) is 0 Å². The van der Waals surface area contributed by atoms with Gasteiger partial charge >= 0.3 is 0 Å². The number of amides is 4. The Bertz CT molecular complexity index is 558. The maximum atomic E-state index is 12.3. The molecule has 164 valence electrons. The van der Waals surface area contributed by atoms with E-state index in [4.69, 9.17) is 4.74 Å². The first-order chi connectivity index (χ1) is 13.9. The summed E-state index contributed by atoms with van der Waals surface area (Å²) in [6.45, 7) is -0.641. The summed E-state index contributed by atoms with van der Waals surface area (Å²) in [5.74, 6) is -1.26. The lowest BCUT2D eigenvalue weighted by Crippen LogP contribution is -2.60. The first-order valence-electron chi connectivity index (χ1n) is 10.5. The van der Waals surface area contributed by atoms with E-state index in [1.165, 1.54) is 0 Å². The maximum absolute atomic E-state index is 12.3. The highest BCUT2D eigenvalue weighted by molar-refractivity contribution is 5.93. The minimum Gasteiger partial charge on any atom is -0.362 e. The fourth-order valence-electron chi connectivity index (χ4n) is 4.45. The lowest BCUT2D eigenvalue weighted by molar-refractivity contribution is -0.140. The van der Waals surface area contributed by atoms with Crippen LogP contribution in [0.4, 0.5) is 0 Å². The molecule has 4 N–H and O–H groups in total. The van der Waals surface area contributed by atoms with E-state index in [0.29, 0.717) is 25.7 Å². The van der Waals surface area contributed by atoms with Crippen LogP contribution in [0, 0.1) is 0 Å². The lowest BCUT2D eigenvalue weighted by Gasteiger charge is -2.36. The Morgan fingerprint density at radius 1 is 0.655 bits per heavy atom. The van der Waals surface area contributed by atoms with Gasteiger partial charge in [-0.2, -0.15) is 0 Å². The molecule has 0 spiro atoms. The second kappa shape index (κ2) is 10.6. The topological polar surface area (TPSA) is 126 Å². The quantitative estimate of drug-likeness (QED) is 0.453. The third-order valence-corrected chi connectivity index (χ3v) is 5.96. The second-order valence-electron chi connectivity index (χ2n) is 8.03. The smallest absolute Gasteiger partial charge is 0.246 e. The maximum Gasteiger partial charge on any atom is 0.246 e. The van der Waals surface area contributed by atoms with Crippen LogP contribution in [0.2, 0.25) is 0 Å². The van der Waals surface area contributed by atoms with Crippen molar-refractivity contribution in [3.63, 3.8) is 0 Å². The molecule has 0 aromatic rings. The van der Waals surface area contributed by atoms with Crippen LogP contribution in [0.1, 0.15) is 64.2 Å². The molecule has 2 aliphatic rings. The van der Waals surface area contributed by atoms with E-state index in [0.717, 1.165) is 38.5 Å². The molecule has 29 heavy (non-hydrogen) atoms. The fourth-order valence-corrected chi connectivity index (χ4v) is 4.45. The Morgan fingerprint density at radius 3 is 1.31 bits per heavy atom. The zero-order valence-electron chi connectivity index (χ0n) is 17.5. The van der Waals surface area contributed by atoms with Gasteiger partial charge in [-0.05, 0) is 25.7 Å². The minimum absolute atomic E-state index is 0.201. The molecule has 2 fully saturated rings. The number of hydrogen-bond donors (Lipinski definition) is 4. The van der Waals surface area contributed by atoms with Crippen molar-refractivity contribution in [1.29, 1.82) is 0 Å². The van der Waals surface area contributed by atoms with E-state index >= 15 is 0 Å². The van der Waals surface area contributed by atoms with E-state index < -0.39 is 22.9 Å². The van der Waals surface area contributed by atoms with Gasteiger partial charge in [0.15, 0.2) is 0 Å². The molecule has 4 amide bonds. The zero-order valence-corrected chi connectivity index (χ0v) is 17.5. The first-order valence-corrected chi connectivity index (χ1v) is 10.5. The summed E-state index contributed by atoms with van der Waals surface area (Å²) in [4.78, 5) is 49.2. The van der Waals surface area contributed by atoms with Crippen LogP contribution in [0.25, 0.3) is 0 Å². The van der Waals surface area contributed by atoms with E-state index in [9.17, 15) is 19.2 Å². The molecule has 0 heterocycles. The minimum atomic E-state index is -0.902. The molecule has 9 heteroatoms. The Labute approximate surface area is 172 Å². The normalized spacial score (nSPS) is 20.2. The van der Waals surface area contributed by atoms with Crippen molar-refractivity contribution in [3.05, 3.63) is 0 Å². The van der Waals surface area contributed by atoms with Crippen molar-refractivity contribution < 1.29 is 23.9 Å². The number of hydrogen-bond acceptors (Lipinski definition) is 5. The summed E-state index contributed by atoms with van der Waals surface area (Å²) in [7, 11) is 3.11. The van der Waals surface area contributed by atoms with Crippen molar-refractivity contribution in [2.45, 2.75) is 75.3 Å². The summed E-state index contributed by atoms with van der Waals surface area (Å²) >= 11 is 0. The van der Waals surface area contributed by atoms with Gasteiger partial charge in [-0.3, -0.25) is 19.2 Å². The number of carbonyl (C=O) groups excluding carboxylic acids is 4.